The Kier molecular flexibility index (Phi) is 6.16. The zero-order valence-electron chi connectivity index (χ0n) is 19.8. The van der Waals surface area contributed by atoms with Crippen LogP contribution in [0.15, 0.2) is 30.6 Å². The van der Waals surface area contributed by atoms with Crippen molar-refractivity contribution in [3.8, 4) is 5.75 Å². The standard InChI is InChI=1S/C25H34FN7O/c1-24(4-5-24)34-18-2-3-20(27)19(14-18)23(28)21-15-22(31-17-30-21)33-12-10-32(11-13-33)16-25(26)6-8-29-9-7-25/h2-3,14-15,17,28-29H,4-13,16,27H2,1H3. The molecule has 3 heterocycles. The van der Waals surface area contributed by atoms with Gasteiger partial charge in [-0.15, -0.1) is 0 Å². The summed E-state index contributed by atoms with van der Waals surface area (Å²) in [4.78, 5) is 13.2. The molecule has 2 saturated heterocycles. The van der Waals surface area contributed by atoms with E-state index in [-0.39, 0.29) is 11.3 Å². The van der Waals surface area contributed by atoms with Gasteiger partial charge < -0.3 is 20.7 Å². The zero-order chi connectivity index (χ0) is 23.8. The third-order valence-corrected chi connectivity index (χ3v) is 7.22. The summed E-state index contributed by atoms with van der Waals surface area (Å²) in [6, 6.07) is 7.31. The SMILES string of the molecule is CC1(Oc2ccc(N)c(C(=N)c3cc(N4CCN(CC5(F)CCNCC5)CC4)ncn3)c2)CC1. The number of rotatable bonds is 7. The number of anilines is 2. The largest absolute Gasteiger partial charge is 0.488 e. The van der Waals surface area contributed by atoms with E-state index in [9.17, 15) is 0 Å². The number of nitrogens with zero attached hydrogens (tertiary/aromatic N) is 4. The number of hydrogen-bond acceptors (Lipinski definition) is 8. The number of alkyl halides is 1. The van der Waals surface area contributed by atoms with Crippen LogP contribution >= 0.6 is 0 Å². The van der Waals surface area contributed by atoms with E-state index in [0.717, 1.165) is 63.7 Å². The second-order valence-electron chi connectivity index (χ2n) is 10.1. The van der Waals surface area contributed by atoms with Crippen LogP contribution in [0.4, 0.5) is 15.9 Å². The minimum absolute atomic E-state index is 0.102. The van der Waals surface area contributed by atoms with E-state index in [1.54, 1.807) is 6.07 Å². The van der Waals surface area contributed by atoms with Gasteiger partial charge in [0.1, 0.15) is 29.2 Å². The topological polar surface area (TPSA) is 103 Å². The highest BCUT2D eigenvalue weighted by molar-refractivity contribution is 6.13. The lowest BCUT2D eigenvalue weighted by molar-refractivity contribution is 0.0591. The van der Waals surface area contributed by atoms with Crippen molar-refractivity contribution in [3.05, 3.63) is 41.9 Å². The molecule has 1 aromatic carbocycles. The third kappa shape index (κ3) is 5.15. The lowest BCUT2D eigenvalue weighted by Crippen LogP contribution is -2.53. The number of ether oxygens (including phenoxy) is 1. The van der Waals surface area contributed by atoms with Gasteiger partial charge in [-0.3, -0.25) is 10.3 Å². The van der Waals surface area contributed by atoms with Gasteiger partial charge in [0.15, 0.2) is 0 Å². The molecule has 5 rings (SSSR count). The third-order valence-electron chi connectivity index (χ3n) is 7.22. The number of nitrogens with two attached hydrogens (primary N) is 1. The first kappa shape index (κ1) is 23.0. The molecular weight excluding hydrogens is 433 g/mol. The summed E-state index contributed by atoms with van der Waals surface area (Å²) in [5, 5.41) is 12.0. The maximum atomic E-state index is 15.1. The summed E-state index contributed by atoms with van der Waals surface area (Å²) < 4.78 is 21.1. The Bertz CT molecular complexity index is 1040. The van der Waals surface area contributed by atoms with Gasteiger partial charge in [0.25, 0.3) is 0 Å². The molecule has 9 heteroatoms. The Hall–Kier alpha value is -2.78. The summed E-state index contributed by atoms with van der Waals surface area (Å²) in [5.41, 5.74) is 6.90. The molecule has 1 aliphatic carbocycles. The summed E-state index contributed by atoms with van der Waals surface area (Å²) in [6.45, 7) is 7.21. The van der Waals surface area contributed by atoms with Crippen molar-refractivity contribution in [1.82, 2.24) is 20.2 Å². The quantitative estimate of drug-likeness (QED) is 0.425. The van der Waals surface area contributed by atoms with Crippen molar-refractivity contribution in [1.29, 1.82) is 5.41 Å². The molecule has 2 aliphatic heterocycles. The molecule has 0 atom stereocenters. The average Bonchev–Trinajstić information content (AvgIpc) is 3.57. The Morgan fingerprint density at radius 1 is 1.12 bits per heavy atom. The number of nitrogens with one attached hydrogen (secondary N) is 2. The van der Waals surface area contributed by atoms with Crippen molar-refractivity contribution in [2.75, 3.05) is 56.4 Å². The van der Waals surface area contributed by atoms with Crippen LogP contribution < -0.4 is 20.7 Å². The van der Waals surface area contributed by atoms with E-state index in [1.807, 2.05) is 18.2 Å². The van der Waals surface area contributed by atoms with Crippen LogP contribution in [-0.4, -0.2) is 77.7 Å². The minimum Gasteiger partial charge on any atom is -0.488 e. The van der Waals surface area contributed by atoms with Crippen LogP contribution in [0.25, 0.3) is 0 Å². The van der Waals surface area contributed by atoms with Crippen molar-refractivity contribution in [3.63, 3.8) is 0 Å². The van der Waals surface area contributed by atoms with Crippen LogP contribution in [0.3, 0.4) is 0 Å². The van der Waals surface area contributed by atoms with Crippen molar-refractivity contribution >= 4 is 17.2 Å². The Morgan fingerprint density at radius 3 is 2.56 bits per heavy atom. The number of piperazine rings is 1. The van der Waals surface area contributed by atoms with Gasteiger partial charge in [-0.2, -0.15) is 0 Å². The Balaban J connectivity index is 1.24. The van der Waals surface area contributed by atoms with E-state index >= 15 is 4.39 Å². The second-order valence-corrected chi connectivity index (χ2v) is 10.1. The van der Waals surface area contributed by atoms with E-state index in [1.165, 1.54) is 6.33 Å². The molecule has 3 aliphatic rings. The van der Waals surface area contributed by atoms with Crippen LogP contribution in [0.1, 0.15) is 43.9 Å². The van der Waals surface area contributed by atoms with Gasteiger partial charge in [-0.05, 0) is 63.9 Å². The number of hydrogen-bond donors (Lipinski definition) is 3. The second kappa shape index (κ2) is 9.11. The monoisotopic (exact) mass is 467 g/mol. The van der Waals surface area contributed by atoms with Gasteiger partial charge in [-0.25, -0.2) is 14.4 Å². The highest BCUT2D eigenvalue weighted by atomic mass is 19.1. The van der Waals surface area contributed by atoms with Crippen LogP contribution in [0.5, 0.6) is 5.75 Å². The van der Waals surface area contributed by atoms with Gasteiger partial charge in [0.05, 0.1) is 11.4 Å². The van der Waals surface area contributed by atoms with E-state index in [0.29, 0.717) is 36.3 Å². The van der Waals surface area contributed by atoms with E-state index in [4.69, 9.17) is 15.9 Å². The highest BCUT2D eigenvalue weighted by Gasteiger charge is 2.40. The fourth-order valence-corrected chi connectivity index (χ4v) is 4.74. The summed E-state index contributed by atoms with van der Waals surface area (Å²) in [6.07, 6.45) is 4.74. The van der Waals surface area contributed by atoms with Crippen LogP contribution in [0.2, 0.25) is 0 Å². The molecule has 0 spiro atoms. The molecular formula is C25H34FN7O. The molecule has 1 saturated carbocycles. The lowest BCUT2D eigenvalue weighted by Gasteiger charge is -2.40. The van der Waals surface area contributed by atoms with Gasteiger partial charge in [0.2, 0.25) is 0 Å². The molecule has 0 unspecified atom stereocenters. The molecule has 0 bridgehead atoms. The lowest BCUT2D eigenvalue weighted by atomic mass is 9.93. The summed E-state index contributed by atoms with van der Waals surface area (Å²) in [5.74, 6) is 1.50. The van der Waals surface area contributed by atoms with Crippen molar-refractivity contribution in [2.45, 2.75) is 43.9 Å². The number of piperidine rings is 1. The molecule has 1 aromatic heterocycles. The first-order valence-corrected chi connectivity index (χ1v) is 12.2. The molecule has 0 amide bonds. The molecule has 3 fully saturated rings. The van der Waals surface area contributed by atoms with E-state index < -0.39 is 5.67 Å². The fraction of sp³-hybridized carbons (Fsp3) is 0.560. The fourth-order valence-electron chi connectivity index (χ4n) is 4.74. The first-order chi connectivity index (χ1) is 16.3. The Morgan fingerprint density at radius 2 is 1.85 bits per heavy atom. The molecule has 34 heavy (non-hydrogen) atoms. The summed E-state index contributed by atoms with van der Waals surface area (Å²) >= 11 is 0. The first-order valence-electron chi connectivity index (χ1n) is 12.2. The van der Waals surface area contributed by atoms with Gasteiger partial charge >= 0.3 is 0 Å². The maximum Gasteiger partial charge on any atom is 0.132 e. The number of aromatic nitrogens is 2. The summed E-state index contributed by atoms with van der Waals surface area (Å²) in [7, 11) is 0. The highest BCUT2D eigenvalue weighted by Crippen LogP contribution is 2.40. The van der Waals surface area contributed by atoms with Crippen molar-refractivity contribution < 1.29 is 9.13 Å². The average molecular weight is 468 g/mol. The normalized spacial score (nSPS) is 21.8. The van der Waals surface area contributed by atoms with Gasteiger partial charge in [0, 0.05) is 50.0 Å². The number of benzene rings is 1. The smallest absolute Gasteiger partial charge is 0.132 e. The minimum atomic E-state index is -1.08. The molecule has 0 radical (unpaired) electrons. The predicted octanol–water partition coefficient (Wildman–Crippen LogP) is 2.62. The van der Waals surface area contributed by atoms with Crippen LogP contribution in [-0.2, 0) is 0 Å². The van der Waals surface area contributed by atoms with Crippen LogP contribution in [0, 0.1) is 5.41 Å². The van der Waals surface area contributed by atoms with E-state index in [2.05, 4.69) is 32.0 Å². The number of halogens is 1. The molecule has 2 aromatic rings. The number of nitrogen functional groups attached to an aromatic ring is 1. The zero-order valence-corrected chi connectivity index (χ0v) is 19.8. The molecule has 182 valence electrons. The molecule has 4 N–H and O–H groups in total. The Labute approximate surface area is 200 Å². The molecule has 8 nitrogen and oxygen atoms in total. The maximum absolute atomic E-state index is 15.1. The predicted molar refractivity (Wildman–Crippen MR) is 132 cm³/mol. The van der Waals surface area contributed by atoms with Gasteiger partial charge in [-0.1, -0.05) is 0 Å². The van der Waals surface area contributed by atoms with Crippen molar-refractivity contribution in [2.24, 2.45) is 0 Å².